The Morgan fingerprint density at radius 3 is 2.80 bits per heavy atom. The Hall–Kier alpha value is -1.65. The second-order valence-electron chi connectivity index (χ2n) is 4.53. The average molecular weight is 294 g/mol. The molecule has 106 valence electrons. The number of anilines is 1. The van der Waals surface area contributed by atoms with Gasteiger partial charge < -0.3 is 11.1 Å². The zero-order valence-corrected chi connectivity index (χ0v) is 12.0. The molecule has 3 N–H and O–H groups in total. The third-order valence-electron chi connectivity index (χ3n) is 3.05. The number of hydrogen-bond donors (Lipinski definition) is 2. The number of pyridine rings is 1. The van der Waals surface area contributed by atoms with E-state index < -0.39 is 0 Å². The number of halogens is 2. The fraction of sp³-hybridized carbons (Fsp3) is 0.267. The van der Waals surface area contributed by atoms with Crippen LogP contribution in [0, 0.1) is 5.82 Å². The van der Waals surface area contributed by atoms with Crippen LogP contribution in [0.3, 0.4) is 0 Å². The van der Waals surface area contributed by atoms with Crippen molar-refractivity contribution in [1.82, 2.24) is 10.3 Å². The lowest BCUT2D eigenvalue weighted by atomic mass is 9.98. The van der Waals surface area contributed by atoms with E-state index in [4.69, 9.17) is 17.3 Å². The maximum atomic E-state index is 14.2. The molecule has 0 saturated carbocycles. The Morgan fingerprint density at radius 1 is 1.35 bits per heavy atom. The molecule has 0 radical (unpaired) electrons. The third kappa shape index (κ3) is 3.26. The molecule has 0 bridgehead atoms. The van der Waals surface area contributed by atoms with E-state index in [0.29, 0.717) is 16.4 Å². The van der Waals surface area contributed by atoms with Crippen LogP contribution in [0.5, 0.6) is 0 Å². The Morgan fingerprint density at radius 2 is 2.15 bits per heavy atom. The lowest BCUT2D eigenvalue weighted by Gasteiger charge is -2.21. The molecule has 0 fully saturated rings. The van der Waals surface area contributed by atoms with Crippen LogP contribution in [-0.2, 0) is 0 Å². The summed E-state index contributed by atoms with van der Waals surface area (Å²) in [6.07, 6.45) is 2.56. The minimum atomic E-state index is -0.352. The van der Waals surface area contributed by atoms with Crippen molar-refractivity contribution in [2.75, 3.05) is 12.3 Å². The molecule has 3 nitrogen and oxygen atoms in total. The van der Waals surface area contributed by atoms with Crippen molar-refractivity contribution in [3.8, 4) is 0 Å². The second-order valence-corrected chi connectivity index (χ2v) is 4.97. The highest BCUT2D eigenvalue weighted by atomic mass is 35.5. The molecule has 1 aromatic carbocycles. The van der Waals surface area contributed by atoms with Crippen molar-refractivity contribution in [3.63, 3.8) is 0 Å². The van der Waals surface area contributed by atoms with Crippen molar-refractivity contribution < 1.29 is 4.39 Å². The molecule has 2 aromatic rings. The van der Waals surface area contributed by atoms with Crippen LogP contribution in [-0.4, -0.2) is 11.5 Å². The van der Waals surface area contributed by atoms with Crippen molar-refractivity contribution in [2.24, 2.45) is 0 Å². The van der Waals surface area contributed by atoms with Gasteiger partial charge in [0, 0.05) is 22.3 Å². The second kappa shape index (κ2) is 6.68. The molecule has 0 saturated heterocycles. The topological polar surface area (TPSA) is 50.9 Å². The van der Waals surface area contributed by atoms with Gasteiger partial charge in [0.2, 0.25) is 0 Å². The van der Waals surface area contributed by atoms with E-state index >= 15 is 0 Å². The molecular formula is C15H17ClFN3. The van der Waals surface area contributed by atoms with Crippen molar-refractivity contribution in [3.05, 3.63) is 58.5 Å². The summed E-state index contributed by atoms with van der Waals surface area (Å²) in [7, 11) is 0. The molecule has 5 heteroatoms. The highest BCUT2D eigenvalue weighted by Gasteiger charge is 2.20. The van der Waals surface area contributed by atoms with E-state index in [1.165, 1.54) is 6.07 Å². The van der Waals surface area contributed by atoms with Crippen LogP contribution in [0.4, 0.5) is 10.2 Å². The van der Waals surface area contributed by atoms with Crippen LogP contribution < -0.4 is 11.1 Å². The molecular weight excluding hydrogens is 277 g/mol. The third-order valence-corrected chi connectivity index (χ3v) is 3.29. The molecule has 0 amide bonds. The quantitative estimate of drug-likeness (QED) is 0.886. The highest BCUT2D eigenvalue weighted by molar-refractivity contribution is 6.30. The number of aromatic nitrogens is 1. The van der Waals surface area contributed by atoms with E-state index in [-0.39, 0.29) is 11.9 Å². The summed E-state index contributed by atoms with van der Waals surface area (Å²) in [4.78, 5) is 4.07. The van der Waals surface area contributed by atoms with Gasteiger partial charge in [-0.25, -0.2) is 9.37 Å². The largest absolute Gasteiger partial charge is 0.383 e. The van der Waals surface area contributed by atoms with E-state index in [0.717, 1.165) is 18.5 Å². The maximum absolute atomic E-state index is 14.2. The summed E-state index contributed by atoms with van der Waals surface area (Å²) in [5.41, 5.74) is 7.19. The molecule has 1 heterocycles. The normalized spacial score (nSPS) is 12.3. The van der Waals surface area contributed by atoms with Gasteiger partial charge in [-0.1, -0.05) is 30.7 Å². The standard InChI is InChI=1S/C15H17ClFN3/c1-2-7-19-14(12-4-3-8-20-15(12)18)11-6-5-10(16)9-13(11)17/h3-6,8-9,14,19H,2,7H2,1H3,(H2,18,20). The highest BCUT2D eigenvalue weighted by Crippen LogP contribution is 2.28. The van der Waals surface area contributed by atoms with Gasteiger partial charge >= 0.3 is 0 Å². The van der Waals surface area contributed by atoms with Crippen LogP contribution in [0.1, 0.15) is 30.5 Å². The Bertz CT molecular complexity index is 589. The molecule has 20 heavy (non-hydrogen) atoms. The van der Waals surface area contributed by atoms with Crippen molar-refractivity contribution in [2.45, 2.75) is 19.4 Å². The Balaban J connectivity index is 2.44. The number of nitrogen functional groups attached to an aromatic ring is 1. The number of rotatable bonds is 5. The summed E-state index contributed by atoms with van der Waals surface area (Å²) in [5.74, 6) is 0.0461. The summed E-state index contributed by atoms with van der Waals surface area (Å²) < 4.78 is 14.2. The van der Waals surface area contributed by atoms with E-state index in [9.17, 15) is 4.39 Å². The number of nitrogens with zero attached hydrogens (tertiary/aromatic N) is 1. The van der Waals surface area contributed by atoms with Gasteiger partial charge in [0.1, 0.15) is 11.6 Å². The molecule has 1 atom stereocenters. The molecule has 0 aliphatic rings. The fourth-order valence-electron chi connectivity index (χ4n) is 2.09. The predicted octanol–water partition coefficient (Wildman–Crippen LogP) is 3.55. The van der Waals surface area contributed by atoms with Gasteiger partial charge in [-0.3, -0.25) is 0 Å². The first-order valence-corrected chi connectivity index (χ1v) is 6.90. The minimum Gasteiger partial charge on any atom is -0.383 e. The molecule has 0 aliphatic carbocycles. The molecule has 2 rings (SSSR count). The van der Waals surface area contributed by atoms with Gasteiger partial charge in [0.05, 0.1) is 6.04 Å². The minimum absolute atomic E-state index is 0.332. The first-order chi connectivity index (χ1) is 9.63. The van der Waals surface area contributed by atoms with Crippen LogP contribution in [0.15, 0.2) is 36.5 Å². The van der Waals surface area contributed by atoms with E-state index in [2.05, 4.69) is 17.2 Å². The fourth-order valence-corrected chi connectivity index (χ4v) is 2.24. The summed E-state index contributed by atoms with van der Waals surface area (Å²) in [6.45, 7) is 2.80. The summed E-state index contributed by atoms with van der Waals surface area (Å²) >= 11 is 5.81. The molecule has 0 spiro atoms. The van der Waals surface area contributed by atoms with Gasteiger partial charge in [-0.2, -0.15) is 0 Å². The zero-order chi connectivity index (χ0) is 14.5. The lowest BCUT2D eigenvalue weighted by molar-refractivity contribution is 0.547. The first kappa shape index (κ1) is 14.8. The number of hydrogen-bond acceptors (Lipinski definition) is 3. The number of nitrogens with two attached hydrogens (primary N) is 1. The Labute approximate surface area is 123 Å². The van der Waals surface area contributed by atoms with Gasteiger partial charge in [-0.05, 0) is 31.2 Å². The lowest BCUT2D eigenvalue weighted by Crippen LogP contribution is -2.25. The van der Waals surface area contributed by atoms with E-state index in [1.54, 1.807) is 24.4 Å². The molecule has 1 unspecified atom stereocenters. The summed E-state index contributed by atoms with van der Waals surface area (Å²) in [5, 5.41) is 3.67. The maximum Gasteiger partial charge on any atom is 0.129 e. The number of nitrogens with one attached hydrogen (secondary N) is 1. The van der Waals surface area contributed by atoms with Crippen molar-refractivity contribution >= 4 is 17.4 Å². The first-order valence-electron chi connectivity index (χ1n) is 6.52. The van der Waals surface area contributed by atoms with Crippen molar-refractivity contribution in [1.29, 1.82) is 0 Å². The number of benzene rings is 1. The monoisotopic (exact) mass is 293 g/mol. The van der Waals surface area contributed by atoms with E-state index in [1.807, 2.05) is 6.07 Å². The predicted molar refractivity (Wildman–Crippen MR) is 80.2 cm³/mol. The van der Waals surface area contributed by atoms with Gasteiger partial charge in [-0.15, -0.1) is 0 Å². The average Bonchev–Trinajstić information content (AvgIpc) is 2.42. The van der Waals surface area contributed by atoms with Crippen LogP contribution >= 0.6 is 11.6 Å². The molecule has 1 aromatic heterocycles. The smallest absolute Gasteiger partial charge is 0.129 e. The zero-order valence-electron chi connectivity index (χ0n) is 11.2. The SMILES string of the molecule is CCCNC(c1ccc(Cl)cc1F)c1cccnc1N. The molecule has 0 aliphatic heterocycles. The van der Waals surface area contributed by atoms with Crippen LogP contribution in [0.25, 0.3) is 0 Å². The van der Waals surface area contributed by atoms with Crippen LogP contribution in [0.2, 0.25) is 5.02 Å². The van der Waals surface area contributed by atoms with Gasteiger partial charge in [0.15, 0.2) is 0 Å². The Kier molecular flexibility index (Phi) is 4.93. The van der Waals surface area contributed by atoms with Gasteiger partial charge in [0.25, 0.3) is 0 Å². The summed E-state index contributed by atoms with van der Waals surface area (Å²) in [6, 6.07) is 7.97.